The minimum atomic E-state index is 0.172. The van der Waals surface area contributed by atoms with Crippen molar-refractivity contribution in [2.45, 2.75) is 6.42 Å². The molecule has 2 heterocycles. The number of rotatable bonds is 6. The summed E-state index contributed by atoms with van der Waals surface area (Å²) in [6.45, 7) is 3.01. The molecule has 1 atom stereocenters. The molecule has 0 radical (unpaired) electrons. The highest BCUT2D eigenvalue weighted by atomic mass is 35.5. The molecule has 4 N–H and O–H groups in total. The van der Waals surface area contributed by atoms with Crippen LogP contribution in [0.25, 0.3) is 0 Å². The molecule has 1 aliphatic rings. The zero-order valence-electron chi connectivity index (χ0n) is 15.4. The van der Waals surface area contributed by atoms with Gasteiger partial charge in [0, 0.05) is 23.8 Å². The van der Waals surface area contributed by atoms with Crippen molar-refractivity contribution in [3.05, 3.63) is 35.5 Å². The van der Waals surface area contributed by atoms with Gasteiger partial charge in [0.1, 0.15) is 0 Å². The third-order valence-electron chi connectivity index (χ3n) is 4.33. The van der Waals surface area contributed by atoms with Gasteiger partial charge in [0.15, 0.2) is 11.6 Å². The third-order valence-corrected chi connectivity index (χ3v) is 4.56. The van der Waals surface area contributed by atoms with E-state index in [9.17, 15) is 0 Å². The molecule has 1 aromatic carbocycles. The SMILES string of the molecule is COc1cnc(/N=C(\N)Nc2cccc(Cl)c2)nc1NCC1CCN(C)C1. The molecular weight excluding hydrogens is 366 g/mol. The van der Waals surface area contributed by atoms with E-state index in [1.165, 1.54) is 6.42 Å². The van der Waals surface area contributed by atoms with Gasteiger partial charge < -0.3 is 26.0 Å². The summed E-state index contributed by atoms with van der Waals surface area (Å²) >= 11 is 5.97. The van der Waals surface area contributed by atoms with Crippen LogP contribution in [0, 0.1) is 5.92 Å². The summed E-state index contributed by atoms with van der Waals surface area (Å²) in [7, 11) is 3.72. The Morgan fingerprint density at radius 2 is 2.33 bits per heavy atom. The molecule has 1 unspecified atom stereocenters. The van der Waals surface area contributed by atoms with E-state index in [1.54, 1.807) is 25.4 Å². The van der Waals surface area contributed by atoms with Crippen molar-refractivity contribution in [2.24, 2.45) is 16.6 Å². The quantitative estimate of drug-likeness (QED) is 0.515. The van der Waals surface area contributed by atoms with Crippen molar-refractivity contribution >= 4 is 35.0 Å². The molecule has 1 aliphatic heterocycles. The number of benzene rings is 1. The van der Waals surface area contributed by atoms with Gasteiger partial charge in [-0.25, -0.2) is 4.98 Å². The number of guanidine groups is 1. The topological polar surface area (TPSA) is 101 Å². The van der Waals surface area contributed by atoms with Gasteiger partial charge in [0.2, 0.25) is 5.96 Å². The van der Waals surface area contributed by atoms with Crippen molar-refractivity contribution in [1.29, 1.82) is 0 Å². The van der Waals surface area contributed by atoms with Gasteiger partial charge in [-0.15, -0.1) is 0 Å². The number of ether oxygens (including phenoxy) is 1. The van der Waals surface area contributed by atoms with E-state index in [4.69, 9.17) is 22.1 Å². The van der Waals surface area contributed by atoms with Gasteiger partial charge in [0.25, 0.3) is 5.95 Å². The third kappa shape index (κ3) is 5.45. The van der Waals surface area contributed by atoms with Gasteiger partial charge in [0.05, 0.1) is 13.3 Å². The average Bonchev–Trinajstić information content (AvgIpc) is 3.05. The number of nitrogens with two attached hydrogens (primary N) is 1. The van der Waals surface area contributed by atoms with Crippen molar-refractivity contribution < 1.29 is 4.74 Å². The minimum absolute atomic E-state index is 0.172. The van der Waals surface area contributed by atoms with Crippen molar-refractivity contribution in [2.75, 3.05) is 44.4 Å². The Labute approximate surface area is 163 Å². The lowest BCUT2D eigenvalue weighted by Crippen LogP contribution is -2.22. The first kappa shape index (κ1) is 19.2. The number of nitrogens with zero attached hydrogens (tertiary/aromatic N) is 4. The fourth-order valence-electron chi connectivity index (χ4n) is 2.98. The number of methoxy groups -OCH3 is 1. The fraction of sp³-hybridized carbons (Fsp3) is 0.389. The van der Waals surface area contributed by atoms with Crippen LogP contribution in [0.2, 0.25) is 5.02 Å². The zero-order chi connectivity index (χ0) is 19.2. The monoisotopic (exact) mass is 389 g/mol. The average molecular weight is 390 g/mol. The second-order valence-corrected chi connectivity index (χ2v) is 6.95. The molecule has 0 aliphatic carbocycles. The van der Waals surface area contributed by atoms with Crippen LogP contribution in [0.15, 0.2) is 35.5 Å². The molecule has 1 fully saturated rings. The summed E-state index contributed by atoms with van der Waals surface area (Å²) in [5.41, 5.74) is 6.69. The number of hydrogen-bond donors (Lipinski definition) is 3. The Morgan fingerprint density at radius 3 is 3.04 bits per heavy atom. The first-order chi connectivity index (χ1) is 13.0. The Bertz CT molecular complexity index is 814. The van der Waals surface area contributed by atoms with Crippen molar-refractivity contribution in [3.63, 3.8) is 0 Å². The number of aromatic nitrogens is 2. The number of likely N-dealkylation sites (tertiary alicyclic amines) is 1. The van der Waals surface area contributed by atoms with E-state index in [0.29, 0.717) is 22.5 Å². The summed E-state index contributed by atoms with van der Waals surface area (Å²) in [6.07, 6.45) is 2.75. The Morgan fingerprint density at radius 1 is 1.48 bits per heavy atom. The summed E-state index contributed by atoms with van der Waals surface area (Å²) < 4.78 is 5.34. The summed E-state index contributed by atoms with van der Waals surface area (Å²) in [4.78, 5) is 15.2. The predicted octanol–water partition coefficient (Wildman–Crippen LogP) is 2.56. The predicted molar refractivity (Wildman–Crippen MR) is 109 cm³/mol. The standard InChI is InChI=1S/C18H24ClN7O/c1-26-7-6-12(11-26)9-21-16-15(27-2)10-22-18(24-16)25-17(20)23-14-5-3-4-13(19)8-14/h3-5,8,10,12H,6-7,9,11H2,1-2H3,(H4,20,21,22,23,24,25). The smallest absolute Gasteiger partial charge is 0.254 e. The van der Waals surface area contributed by atoms with Crippen LogP contribution in [0.4, 0.5) is 17.5 Å². The molecular formula is C18H24ClN7O. The van der Waals surface area contributed by atoms with E-state index in [-0.39, 0.29) is 11.9 Å². The molecule has 144 valence electrons. The van der Waals surface area contributed by atoms with Gasteiger partial charge in [-0.2, -0.15) is 9.98 Å². The molecule has 8 nitrogen and oxygen atoms in total. The maximum absolute atomic E-state index is 5.97. The highest BCUT2D eigenvalue weighted by Crippen LogP contribution is 2.24. The number of aliphatic imine (C=N–C) groups is 1. The molecule has 0 amide bonds. The fourth-order valence-corrected chi connectivity index (χ4v) is 3.17. The normalized spacial score (nSPS) is 17.7. The molecule has 1 saturated heterocycles. The second-order valence-electron chi connectivity index (χ2n) is 6.52. The minimum Gasteiger partial charge on any atom is -0.491 e. The van der Waals surface area contributed by atoms with Crippen LogP contribution in [-0.2, 0) is 0 Å². The van der Waals surface area contributed by atoms with Gasteiger partial charge in [-0.3, -0.25) is 0 Å². The summed E-state index contributed by atoms with van der Waals surface area (Å²) in [5.74, 6) is 2.17. The largest absolute Gasteiger partial charge is 0.491 e. The van der Waals surface area contributed by atoms with E-state index >= 15 is 0 Å². The van der Waals surface area contributed by atoms with Gasteiger partial charge >= 0.3 is 0 Å². The van der Waals surface area contributed by atoms with Crippen LogP contribution in [0.1, 0.15) is 6.42 Å². The first-order valence-corrected chi connectivity index (χ1v) is 9.11. The number of anilines is 2. The zero-order valence-corrected chi connectivity index (χ0v) is 16.2. The molecule has 0 saturated carbocycles. The summed E-state index contributed by atoms with van der Waals surface area (Å²) in [5, 5.41) is 6.92. The lowest BCUT2D eigenvalue weighted by molar-refractivity contribution is 0.398. The van der Waals surface area contributed by atoms with Crippen LogP contribution < -0.4 is 21.1 Å². The molecule has 27 heavy (non-hydrogen) atoms. The van der Waals surface area contributed by atoms with E-state index < -0.39 is 0 Å². The van der Waals surface area contributed by atoms with Crippen LogP contribution >= 0.6 is 11.6 Å². The van der Waals surface area contributed by atoms with E-state index in [2.05, 4.69) is 37.5 Å². The second kappa shape index (κ2) is 8.88. The lowest BCUT2D eigenvalue weighted by Gasteiger charge is -2.14. The lowest BCUT2D eigenvalue weighted by atomic mass is 10.1. The maximum Gasteiger partial charge on any atom is 0.254 e. The molecule has 3 rings (SSSR count). The molecule has 9 heteroatoms. The van der Waals surface area contributed by atoms with Crippen LogP contribution in [0.5, 0.6) is 5.75 Å². The number of halogens is 1. The highest BCUT2D eigenvalue weighted by Gasteiger charge is 2.20. The molecule has 0 bridgehead atoms. The Balaban J connectivity index is 1.69. The van der Waals surface area contributed by atoms with E-state index in [0.717, 1.165) is 25.3 Å². The highest BCUT2D eigenvalue weighted by molar-refractivity contribution is 6.30. The van der Waals surface area contributed by atoms with Crippen LogP contribution in [0.3, 0.4) is 0 Å². The van der Waals surface area contributed by atoms with Gasteiger partial charge in [-0.05, 0) is 44.1 Å². The summed E-state index contributed by atoms with van der Waals surface area (Å²) in [6, 6.07) is 7.20. The van der Waals surface area contributed by atoms with Crippen LogP contribution in [-0.4, -0.2) is 54.6 Å². The van der Waals surface area contributed by atoms with E-state index in [1.807, 2.05) is 12.1 Å². The Hall–Kier alpha value is -2.58. The molecule has 2 aromatic rings. The number of nitrogens with one attached hydrogen (secondary N) is 2. The van der Waals surface area contributed by atoms with Gasteiger partial charge in [-0.1, -0.05) is 17.7 Å². The maximum atomic E-state index is 5.97. The molecule has 1 aromatic heterocycles. The molecule has 0 spiro atoms. The number of hydrogen-bond acceptors (Lipinski definition) is 6. The van der Waals surface area contributed by atoms with Crippen molar-refractivity contribution in [1.82, 2.24) is 14.9 Å². The van der Waals surface area contributed by atoms with Crippen molar-refractivity contribution in [3.8, 4) is 5.75 Å². The first-order valence-electron chi connectivity index (χ1n) is 8.73. The Kier molecular flexibility index (Phi) is 6.31.